The van der Waals surface area contributed by atoms with Crippen molar-refractivity contribution in [2.24, 2.45) is 0 Å². The second-order valence-corrected chi connectivity index (χ2v) is 8.11. The maximum Gasteiger partial charge on any atom is 0.407 e. The first kappa shape index (κ1) is 20.3. The zero-order chi connectivity index (χ0) is 20.3. The third-order valence-corrected chi connectivity index (χ3v) is 4.43. The van der Waals surface area contributed by atoms with Crippen molar-refractivity contribution < 1.29 is 23.5 Å². The van der Waals surface area contributed by atoms with E-state index in [-0.39, 0.29) is 24.5 Å². The predicted octanol–water partition coefficient (Wildman–Crippen LogP) is 3.00. The van der Waals surface area contributed by atoms with Crippen molar-refractivity contribution in [1.82, 2.24) is 15.2 Å². The third-order valence-electron chi connectivity index (χ3n) is 4.43. The van der Waals surface area contributed by atoms with Crippen LogP contribution in [0.5, 0.6) is 5.88 Å². The van der Waals surface area contributed by atoms with Crippen molar-refractivity contribution in [3.05, 3.63) is 35.3 Å². The van der Waals surface area contributed by atoms with Crippen molar-refractivity contribution in [3.63, 3.8) is 0 Å². The highest BCUT2D eigenvalue weighted by molar-refractivity contribution is 5.99. The maximum absolute atomic E-state index is 13.1. The molecule has 1 aliphatic carbocycles. The molecule has 0 radical (unpaired) electrons. The van der Waals surface area contributed by atoms with Gasteiger partial charge in [-0.1, -0.05) is 0 Å². The Morgan fingerprint density at radius 1 is 1.36 bits per heavy atom. The fraction of sp³-hybridized carbons (Fsp3) is 0.550. The van der Waals surface area contributed by atoms with Gasteiger partial charge in [-0.25, -0.2) is 14.2 Å². The lowest BCUT2D eigenvalue weighted by Gasteiger charge is -2.27. The Bertz CT molecular complexity index is 784. The number of hydrogen-bond acceptors (Lipinski definition) is 6. The number of rotatable bonds is 6. The van der Waals surface area contributed by atoms with Gasteiger partial charge in [0, 0.05) is 36.3 Å². The van der Waals surface area contributed by atoms with Crippen LogP contribution < -0.4 is 10.1 Å². The van der Waals surface area contributed by atoms with Crippen LogP contribution in [0.15, 0.2) is 24.0 Å². The van der Waals surface area contributed by atoms with E-state index in [9.17, 15) is 14.0 Å². The summed E-state index contributed by atoms with van der Waals surface area (Å²) in [5.74, 6) is 0.388. The number of hydrogen-bond donors (Lipinski definition) is 1. The van der Waals surface area contributed by atoms with E-state index in [2.05, 4.69) is 15.2 Å². The fourth-order valence-electron chi connectivity index (χ4n) is 2.94. The van der Waals surface area contributed by atoms with E-state index in [0.717, 1.165) is 12.8 Å². The number of nitrogens with one attached hydrogen (secondary N) is 1. The molecule has 2 aliphatic rings. The summed E-state index contributed by atoms with van der Waals surface area (Å²) >= 11 is 0. The van der Waals surface area contributed by atoms with E-state index in [1.54, 1.807) is 32.9 Å². The third kappa shape index (κ3) is 5.51. The summed E-state index contributed by atoms with van der Waals surface area (Å²) in [4.78, 5) is 30.5. The van der Waals surface area contributed by atoms with Crippen LogP contribution in [0, 0.1) is 0 Å². The van der Waals surface area contributed by atoms with Crippen LogP contribution in [0.2, 0.25) is 0 Å². The molecule has 1 aromatic rings. The van der Waals surface area contributed by atoms with E-state index in [0.29, 0.717) is 42.6 Å². The standard InChI is InChI=1S/C20H26FN3O4/c1-20(2,3)28-19(26)22-9-13(8-21)12-27-18-7-6-15-16(23-18)10-24(11-17(15)25)14-4-5-14/h6-8,14H,4-5,9-12H2,1-3H3,(H,22,26)/b13-8+. The van der Waals surface area contributed by atoms with Crippen LogP contribution in [-0.2, 0) is 11.3 Å². The minimum atomic E-state index is -0.627. The molecule has 0 unspecified atom stereocenters. The van der Waals surface area contributed by atoms with Gasteiger partial charge >= 0.3 is 6.09 Å². The number of aromatic nitrogens is 1. The molecule has 0 saturated heterocycles. The van der Waals surface area contributed by atoms with Crippen molar-refractivity contribution in [3.8, 4) is 5.88 Å². The van der Waals surface area contributed by atoms with Gasteiger partial charge in [-0.2, -0.15) is 0 Å². The number of halogens is 1. The summed E-state index contributed by atoms with van der Waals surface area (Å²) < 4.78 is 23.8. The Morgan fingerprint density at radius 3 is 2.75 bits per heavy atom. The number of amides is 1. The molecule has 152 valence electrons. The molecule has 28 heavy (non-hydrogen) atoms. The molecule has 0 bridgehead atoms. The zero-order valence-electron chi connectivity index (χ0n) is 16.5. The van der Waals surface area contributed by atoms with Gasteiger partial charge in [0.2, 0.25) is 5.88 Å². The fourth-order valence-corrected chi connectivity index (χ4v) is 2.94. The monoisotopic (exact) mass is 391 g/mol. The molecule has 1 fully saturated rings. The predicted molar refractivity (Wildman–Crippen MR) is 101 cm³/mol. The van der Waals surface area contributed by atoms with Crippen LogP contribution in [-0.4, -0.2) is 53.1 Å². The molecule has 0 aromatic carbocycles. The van der Waals surface area contributed by atoms with Crippen LogP contribution >= 0.6 is 0 Å². The second kappa shape index (κ2) is 8.26. The highest BCUT2D eigenvalue weighted by Crippen LogP contribution is 2.31. The van der Waals surface area contributed by atoms with Gasteiger partial charge < -0.3 is 14.8 Å². The molecule has 1 amide bonds. The van der Waals surface area contributed by atoms with Crippen LogP contribution in [0.3, 0.4) is 0 Å². The van der Waals surface area contributed by atoms with Crippen molar-refractivity contribution in [2.45, 2.75) is 51.8 Å². The number of alkyl carbamates (subject to hydrolysis) is 1. The molecular weight excluding hydrogens is 365 g/mol. The highest BCUT2D eigenvalue weighted by Gasteiger charge is 2.34. The smallest absolute Gasteiger partial charge is 0.407 e. The topological polar surface area (TPSA) is 80.8 Å². The molecule has 0 spiro atoms. The highest BCUT2D eigenvalue weighted by atomic mass is 19.1. The number of carbonyl (C=O) groups is 2. The first-order chi connectivity index (χ1) is 13.2. The molecule has 1 aliphatic heterocycles. The number of fused-ring (bicyclic) bond motifs is 1. The van der Waals surface area contributed by atoms with Gasteiger partial charge in [-0.15, -0.1) is 0 Å². The van der Waals surface area contributed by atoms with E-state index in [4.69, 9.17) is 9.47 Å². The van der Waals surface area contributed by atoms with Gasteiger partial charge in [0.1, 0.15) is 12.2 Å². The van der Waals surface area contributed by atoms with Crippen molar-refractivity contribution in [1.29, 1.82) is 0 Å². The minimum Gasteiger partial charge on any atom is -0.473 e. The maximum atomic E-state index is 13.1. The van der Waals surface area contributed by atoms with Crippen LogP contribution in [0.4, 0.5) is 9.18 Å². The van der Waals surface area contributed by atoms with E-state index >= 15 is 0 Å². The first-order valence-electron chi connectivity index (χ1n) is 9.40. The first-order valence-corrected chi connectivity index (χ1v) is 9.40. The molecule has 1 N–H and O–H groups in total. The van der Waals surface area contributed by atoms with E-state index in [1.807, 2.05) is 0 Å². The Morgan fingerprint density at radius 2 is 2.11 bits per heavy atom. The Labute approximate surface area is 163 Å². The van der Waals surface area contributed by atoms with Crippen LogP contribution in [0.1, 0.15) is 49.7 Å². The van der Waals surface area contributed by atoms with Gasteiger partial charge in [0.05, 0.1) is 18.6 Å². The van der Waals surface area contributed by atoms with Gasteiger partial charge in [-0.05, 0) is 39.7 Å². The summed E-state index contributed by atoms with van der Waals surface area (Å²) in [6.45, 7) is 6.19. The minimum absolute atomic E-state index is 0.0374. The molecule has 0 atom stereocenters. The van der Waals surface area contributed by atoms with Crippen molar-refractivity contribution >= 4 is 11.9 Å². The van der Waals surface area contributed by atoms with E-state index < -0.39 is 11.7 Å². The molecular formula is C20H26FN3O4. The lowest BCUT2D eigenvalue weighted by atomic mass is 10.0. The summed E-state index contributed by atoms with van der Waals surface area (Å²) in [5, 5.41) is 2.49. The average Bonchev–Trinajstić information content (AvgIpc) is 3.45. The summed E-state index contributed by atoms with van der Waals surface area (Å²) in [5.41, 5.74) is 0.926. The second-order valence-electron chi connectivity index (χ2n) is 8.11. The molecule has 3 rings (SSSR count). The molecule has 7 nitrogen and oxygen atoms in total. The summed E-state index contributed by atoms with van der Waals surface area (Å²) in [6.07, 6.45) is 2.01. The van der Waals surface area contributed by atoms with E-state index in [1.165, 1.54) is 0 Å². The lowest BCUT2D eigenvalue weighted by Crippen LogP contribution is -2.37. The summed E-state index contributed by atoms with van der Waals surface area (Å²) in [6, 6.07) is 3.80. The largest absolute Gasteiger partial charge is 0.473 e. The average molecular weight is 391 g/mol. The van der Waals surface area contributed by atoms with Crippen LogP contribution in [0.25, 0.3) is 0 Å². The van der Waals surface area contributed by atoms with Gasteiger partial charge in [0.15, 0.2) is 5.78 Å². The SMILES string of the molecule is CC(C)(C)OC(=O)NC/C(=C\F)COc1ccc2c(n1)CN(C1CC1)CC2=O. The quantitative estimate of drug-likeness (QED) is 0.803. The number of ether oxygens (including phenoxy) is 2. The molecule has 8 heteroatoms. The number of carbonyl (C=O) groups excluding carboxylic acids is 2. The molecule has 2 heterocycles. The zero-order valence-corrected chi connectivity index (χ0v) is 16.5. The molecule has 1 aromatic heterocycles. The Balaban J connectivity index is 1.54. The number of pyridine rings is 1. The lowest BCUT2D eigenvalue weighted by molar-refractivity contribution is 0.0531. The summed E-state index contributed by atoms with van der Waals surface area (Å²) in [7, 11) is 0. The number of nitrogens with zero attached hydrogens (tertiary/aromatic N) is 2. The molecule has 1 saturated carbocycles. The number of ketones is 1. The Kier molecular flexibility index (Phi) is 5.98. The van der Waals surface area contributed by atoms with Gasteiger partial charge in [-0.3, -0.25) is 9.69 Å². The number of Topliss-reactive ketones (excluding diaryl/α,β-unsaturated/α-hetero) is 1. The Hall–Kier alpha value is -2.48. The normalized spacial score (nSPS) is 17.9. The van der Waals surface area contributed by atoms with Gasteiger partial charge in [0.25, 0.3) is 0 Å². The van der Waals surface area contributed by atoms with Crippen molar-refractivity contribution in [2.75, 3.05) is 19.7 Å².